The smallest absolute Gasteiger partial charge is 0.387 e. The second kappa shape index (κ2) is 11.9. The quantitative estimate of drug-likeness (QED) is 0.292. The number of guanidine groups is 1. The Morgan fingerprint density at radius 2 is 2.07 bits per heavy atom. The molecule has 0 radical (unpaired) electrons. The van der Waals surface area contributed by atoms with Gasteiger partial charge in [-0.3, -0.25) is 14.7 Å². The molecule has 1 aromatic rings. The molecule has 7 nitrogen and oxygen atoms in total. The molecule has 0 atom stereocenters. The van der Waals surface area contributed by atoms with E-state index in [0.29, 0.717) is 5.96 Å². The lowest BCUT2D eigenvalue weighted by Crippen LogP contribution is -2.49. The number of nitrogens with two attached hydrogens (primary N) is 1. The molecular formula is C17H25F3IN5O2. The van der Waals surface area contributed by atoms with Crippen molar-refractivity contribution in [2.75, 3.05) is 26.7 Å². The maximum Gasteiger partial charge on any atom is 0.387 e. The number of amides is 1. The molecule has 0 unspecified atom stereocenters. The van der Waals surface area contributed by atoms with Gasteiger partial charge >= 0.3 is 6.61 Å². The van der Waals surface area contributed by atoms with Gasteiger partial charge in [0.1, 0.15) is 11.6 Å². The summed E-state index contributed by atoms with van der Waals surface area (Å²) in [5.41, 5.74) is 5.19. The van der Waals surface area contributed by atoms with Crippen molar-refractivity contribution in [1.82, 2.24) is 15.5 Å². The van der Waals surface area contributed by atoms with Crippen LogP contribution in [0.1, 0.15) is 18.4 Å². The summed E-state index contributed by atoms with van der Waals surface area (Å²) >= 11 is 0. The Morgan fingerprint density at radius 1 is 1.39 bits per heavy atom. The summed E-state index contributed by atoms with van der Waals surface area (Å²) in [6, 6.07) is 3.90. The molecule has 1 saturated heterocycles. The first-order valence-corrected chi connectivity index (χ1v) is 8.59. The van der Waals surface area contributed by atoms with Crippen molar-refractivity contribution in [1.29, 1.82) is 0 Å². The van der Waals surface area contributed by atoms with Crippen LogP contribution in [0.3, 0.4) is 0 Å². The largest absolute Gasteiger partial charge is 0.434 e. The maximum absolute atomic E-state index is 14.0. The first-order chi connectivity index (χ1) is 12.9. The van der Waals surface area contributed by atoms with E-state index in [1.807, 2.05) is 4.90 Å². The molecule has 0 aromatic heterocycles. The number of benzene rings is 1. The highest BCUT2D eigenvalue weighted by molar-refractivity contribution is 14.0. The van der Waals surface area contributed by atoms with Gasteiger partial charge in [0.05, 0.1) is 6.54 Å². The van der Waals surface area contributed by atoms with E-state index >= 15 is 0 Å². The van der Waals surface area contributed by atoms with Gasteiger partial charge in [0.15, 0.2) is 5.96 Å². The van der Waals surface area contributed by atoms with Gasteiger partial charge in [-0.2, -0.15) is 8.78 Å². The van der Waals surface area contributed by atoms with Gasteiger partial charge in [0.2, 0.25) is 5.91 Å². The number of piperidine rings is 1. The Bertz CT molecular complexity index is 670. The topological polar surface area (TPSA) is 92.0 Å². The number of likely N-dealkylation sites (tertiary alicyclic amines) is 1. The second-order valence-corrected chi connectivity index (χ2v) is 6.18. The number of nitrogens with zero attached hydrogens (tertiary/aromatic N) is 2. The summed E-state index contributed by atoms with van der Waals surface area (Å²) in [4.78, 5) is 17.0. The Kier molecular flexibility index (Phi) is 10.4. The average molecular weight is 515 g/mol. The van der Waals surface area contributed by atoms with Gasteiger partial charge < -0.3 is 21.1 Å². The molecule has 4 N–H and O–H groups in total. The Morgan fingerprint density at radius 3 is 2.64 bits per heavy atom. The maximum atomic E-state index is 14.0. The summed E-state index contributed by atoms with van der Waals surface area (Å²) in [6.07, 6.45) is 1.57. The third kappa shape index (κ3) is 7.70. The van der Waals surface area contributed by atoms with E-state index in [1.165, 1.54) is 18.2 Å². The highest BCUT2D eigenvalue weighted by Gasteiger charge is 2.21. The van der Waals surface area contributed by atoms with Crippen molar-refractivity contribution < 1.29 is 22.7 Å². The molecule has 11 heteroatoms. The number of primary amides is 1. The third-order valence-electron chi connectivity index (χ3n) is 4.26. The van der Waals surface area contributed by atoms with Gasteiger partial charge in [-0.05, 0) is 25.0 Å². The van der Waals surface area contributed by atoms with Crippen LogP contribution in [0.2, 0.25) is 0 Å². The van der Waals surface area contributed by atoms with Gasteiger partial charge in [0.25, 0.3) is 0 Å². The average Bonchev–Trinajstić information content (AvgIpc) is 2.60. The van der Waals surface area contributed by atoms with E-state index in [4.69, 9.17) is 5.73 Å². The number of rotatable bonds is 7. The highest BCUT2D eigenvalue weighted by atomic mass is 127. The molecule has 28 heavy (non-hydrogen) atoms. The number of alkyl halides is 2. The molecule has 1 aromatic carbocycles. The van der Waals surface area contributed by atoms with Crippen molar-refractivity contribution >= 4 is 35.8 Å². The first kappa shape index (κ1) is 24.3. The number of carbonyl (C=O) groups is 1. The van der Waals surface area contributed by atoms with E-state index in [9.17, 15) is 18.0 Å². The van der Waals surface area contributed by atoms with Gasteiger partial charge in [-0.25, -0.2) is 4.39 Å². The lowest BCUT2D eigenvalue weighted by molar-refractivity contribution is -0.119. The Hall–Kier alpha value is -1.76. The minimum atomic E-state index is -3.03. The van der Waals surface area contributed by atoms with Gasteiger partial charge in [-0.15, -0.1) is 24.0 Å². The van der Waals surface area contributed by atoms with Crippen LogP contribution in [0.25, 0.3) is 0 Å². The van der Waals surface area contributed by atoms with E-state index < -0.39 is 12.4 Å². The summed E-state index contributed by atoms with van der Waals surface area (Å²) in [5, 5.41) is 6.13. The minimum absolute atomic E-state index is 0. The van der Waals surface area contributed by atoms with Crippen LogP contribution in [0, 0.1) is 5.82 Å². The number of halogens is 4. The normalized spacial score (nSPS) is 15.8. The molecule has 1 aliphatic heterocycles. The SMILES string of the molecule is CN=C(NCc1c(F)cccc1OC(F)F)NC1CCN(CC(N)=O)CC1.I. The number of hydrogen-bond donors (Lipinski definition) is 3. The van der Waals surface area contributed by atoms with E-state index in [-0.39, 0.29) is 60.3 Å². The van der Waals surface area contributed by atoms with Crippen LogP contribution in [-0.2, 0) is 11.3 Å². The predicted molar refractivity (Wildman–Crippen MR) is 110 cm³/mol. The van der Waals surface area contributed by atoms with Crippen LogP contribution in [-0.4, -0.2) is 56.1 Å². The third-order valence-corrected chi connectivity index (χ3v) is 4.26. The van der Waals surface area contributed by atoms with E-state index in [2.05, 4.69) is 20.4 Å². The fraction of sp³-hybridized carbons (Fsp3) is 0.529. The summed E-state index contributed by atoms with van der Waals surface area (Å²) in [5.74, 6) is -0.788. The van der Waals surface area contributed by atoms with Crippen LogP contribution in [0.15, 0.2) is 23.2 Å². The number of hydrogen-bond acceptors (Lipinski definition) is 4. The predicted octanol–water partition coefficient (Wildman–Crippen LogP) is 1.66. The second-order valence-electron chi connectivity index (χ2n) is 6.18. The lowest BCUT2D eigenvalue weighted by Gasteiger charge is -2.32. The van der Waals surface area contributed by atoms with Crippen molar-refractivity contribution in [3.63, 3.8) is 0 Å². The van der Waals surface area contributed by atoms with Crippen LogP contribution >= 0.6 is 24.0 Å². The molecule has 0 aliphatic carbocycles. The highest BCUT2D eigenvalue weighted by Crippen LogP contribution is 2.23. The van der Waals surface area contributed by atoms with E-state index in [0.717, 1.165) is 25.9 Å². The molecule has 0 saturated carbocycles. The lowest BCUT2D eigenvalue weighted by atomic mass is 10.1. The van der Waals surface area contributed by atoms with Gasteiger partial charge in [0, 0.05) is 38.3 Å². The molecule has 0 bridgehead atoms. The monoisotopic (exact) mass is 515 g/mol. The minimum Gasteiger partial charge on any atom is -0.434 e. The zero-order chi connectivity index (χ0) is 19.8. The zero-order valence-corrected chi connectivity index (χ0v) is 17.8. The number of nitrogens with one attached hydrogen (secondary N) is 2. The van der Waals surface area contributed by atoms with Crippen molar-refractivity contribution in [2.45, 2.75) is 32.0 Å². The summed E-state index contributed by atoms with van der Waals surface area (Å²) in [7, 11) is 1.56. The first-order valence-electron chi connectivity index (χ1n) is 8.59. The van der Waals surface area contributed by atoms with Gasteiger partial charge in [-0.1, -0.05) is 6.07 Å². The molecule has 1 amide bonds. The number of aliphatic imine (C=N–C) groups is 1. The molecule has 2 rings (SSSR count). The Balaban J connectivity index is 0.00000392. The molecule has 158 valence electrons. The fourth-order valence-corrected chi connectivity index (χ4v) is 2.93. The van der Waals surface area contributed by atoms with Crippen LogP contribution in [0.5, 0.6) is 5.75 Å². The molecule has 1 heterocycles. The Labute approximate surface area is 178 Å². The summed E-state index contributed by atoms with van der Waals surface area (Å²) < 4.78 is 43.3. The standard InChI is InChI=1S/C17H24F3N5O2.HI/c1-22-17(24-11-5-7-25(8-6-11)10-15(21)26)23-9-12-13(18)3-2-4-14(12)27-16(19)20;/h2-4,11,16H,5-10H2,1H3,(H2,21,26)(H2,22,23,24);1H. The molecule has 1 fully saturated rings. The van der Waals surface area contributed by atoms with Crippen LogP contribution < -0.4 is 21.1 Å². The van der Waals surface area contributed by atoms with Crippen molar-refractivity contribution in [3.05, 3.63) is 29.6 Å². The molecule has 1 aliphatic rings. The van der Waals surface area contributed by atoms with E-state index in [1.54, 1.807) is 7.05 Å². The summed E-state index contributed by atoms with van der Waals surface area (Å²) in [6.45, 7) is -1.42. The fourth-order valence-electron chi connectivity index (χ4n) is 2.93. The molecular weight excluding hydrogens is 490 g/mol. The van der Waals surface area contributed by atoms with Crippen molar-refractivity contribution in [2.24, 2.45) is 10.7 Å². The zero-order valence-electron chi connectivity index (χ0n) is 15.5. The molecule has 0 spiro atoms. The number of carbonyl (C=O) groups excluding carboxylic acids is 1. The van der Waals surface area contributed by atoms with Crippen molar-refractivity contribution in [3.8, 4) is 5.75 Å². The number of ether oxygens (including phenoxy) is 1. The van der Waals surface area contributed by atoms with Crippen LogP contribution in [0.4, 0.5) is 13.2 Å².